The number of nitrogens with one attached hydrogen (secondary N) is 2. The zero-order valence-electron chi connectivity index (χ0n) is 12.8. The molecule has 23 heavy (non-hydrogen) atoms. The summed E-state index contributed by atoms with van der Waals surface area (Å²) in [5.41, 5.74) is 0.636. The minimum Gasteiger partial charge on any atom is -0.491 e. The molecule has 2 aromatic rings. The van der Waals surface area contributed by atoms with Crippen LogP contribution in [0.3, 0.4) is 0 Å². The van der Waals surface area contributed by atoms with Gasteiger partial charge in [-0.2, -0.15) is 0 Å². The first-order valence-corrected chi connectivity index (χ1v) is 7.50. The van der Waals surface area contributed by atoms with Crippen LogP contribution in [0.4, 0.5) is 10.1 Å². The lowest BCUT2D eigenvalue weighted by Crippen LogP contribution is -2.34. The van der Waals surface area contributed by atoms with Crippen molar-refractivity contribution in [2.75, 3.05) is 5.32 Å². The van der Waals surface area contributed by atoms with E-state index in [1.54, 1.807) is 36.4 Å². The van der Waals surface area contributed by atoms with E-state index >= 15 is 0 Å². The van der Waals surface area contributed by atoms with Gasteiger partial charge in [0.2, 0.25) is 0 Å². The van der Waals surface area contributed by atoms with Gasteiger partial charge in [0.25, 0.3) is 5.91 Å². The highest BCUT2D eigenvalue weighted by molar-refractivity contribution is 7.80. The lowest BCUT2D eigenvalue weighted by molar-refractivity contribution is 0.0977. The van der Waals surface area contributed by atoms with Gasteiger partial charge in [-0.05, 0) is 62.5 Å². The molecular formula is C17H17FN2O2S. The van der Waals surface area contributed by atoms with Crippen molar-refractivity contribution in [3.63, 3.8) is 0 Å². The van der Waals surface area contributed by atoms with E-state index in [0.717, 1.165) is 0 Å². The summed E-state index contributed by atoms with van der Waals surface area (Å²) in [5, 5.41) is 5.18. The molecule has 0 aliphatic carbocycles. The third-order valence-electron chi connectivity index (χ3n) is 2.84. The van der Waals surface area contributed by atoms with Crippen molar-refractivity contribution in [1.82, 2.24) is 5.32 Å². The van der Waals surface area contributed by atoms with Gasteiger partial charge in [0.1, 0.15) is 11.6 Å². The van der Waals surface area contributed by atoms with Crippen molar-refractivity contribution in [2.45, 2.75) is 20.0 Å². The van der Waals surface area contributed by atoms with Crippen molar-refractivity contribution < 1.29 is 13.9 Å². The summed E-state index contributed by atoms with van der Waals surface area (Å²) >= 11 is 5.02. The van der Waals surface area contributed by atoms with Crippen LogP contribution in [0, 0.1) is 5.82 Å². The molecule has 6 heteroatoms. The smallest absolute Gasteiger partial charge is 0.257 e. The van der Waals surface area contributed by atoms with Gasteiger partial charge in [-0.3, -0.25) is 10.1 Å². The molecule has 0 saturated heterocycles. The summed E-state index contributed by atoms with van der Waals surface area (Å²) in [7, 11) is 0. The lowest BCUT2D eigenvalue weighted by Gasteiger charge is -2.11. The van der Waals surface area contributed by atoms with Crippen molar-refractivity contribution in [1.29, 1.82) is 0 Å². The summed E-state index contributed by atoms with van der Waals surface area (Å²) in [5.74, 6) is -0.141. The first-order valence-electron chi connectivity index (χ1n) is 7.09. The maximum Gasteiger partial charge on any atom is 0.257 e. The number of halogens is 1. The van der Waals surface area contributed by atoms with Crippen molar-refractivity contribution >= 4 is 28.9 Å². The highest BCUT2D eigenvalue weighted by Crippen LogP contribution is 2.14. The quantitative estimate of drug-likeness (QED) is 0.838. The fourth-order valence-corrected chi connectivity index (χ4v) is 2.05. The molecule has 0 saturated carbocycles. The minimum atomic E-state index is -0.445. The van der Waals surface area contributed by atoms with E-state index in [1.807, 2.05) is 13.8 Å². The van der Waals surface area contributed by atoms with Crippen LogP contribution in [0.25, 0.3) is 0 Å². The molecular weight excluding hydrogens is 315 g/mol. The molecule has 0 aromatic heterocycles. The molecule has 0 bridgehead atoms. The van der Waals surface area contributed by atoms with Gasteiger partial charge in [0, 0.05) is 5.56 Å². The third-order valence-corrected chi connectivity index (χ3v) is 3.04. The Morgan fingerprint density at radius 2 is 1.78 bits per heavy atom. The fourth-order valence-electron chi connectivity index (χ4n) is 1.85. The van der Waals surface area contributed by atoms with Gasteiger partial charge < -0.3 is 10.1 Å². The van der Waals surface area contributed by atoms with Crippen LogP contribution in [0.1, 0.15) is 24.2 Å². The number of rotatable bonds is 4. The standard InChI is InChI=1S/C17H17FN2O2S/c1-11(2)22-13-9-7-12(8-10-13)16(21)20-17(23)19-15-6-4-3-5-14(15)18/h3-11H,1-2H3,(H2,19,20,21,23). The number of carbonyl (C=O) groups is 1. The average Bonchev–Trinajstić information content (AvgIpc) is 2.49. The summed E-state index contributed by atoms with van der Waals surface area (Å²) in [6.45, 7) is 3.85. The molecule has 0 unspecified atom stereocenters. The van der Waals surface area contributed by atoms with Crippen LogP contribution >= 0.6 is 12.2 Å². The molecule has 0 fully saturated rings. The van der Waals surface area contributed by atoms with Crippen LogP contribution < -0.4 is 15.4 Å². The third kappa shape index (κ3) is 5.03. The van der Waals surface area contributed by atoms with Gasteiger partial charge in [-0.15, -0.1) is 0 Å². The summed E-state index contributed by atoms with van der Waals surface area (Å²) in [6.07, 6.45) is 0.0622. The highest BCUT2D eigenvalue weighted by Gasteiger charge is 2.10. The Labute approximate surface area is 139 Å². The maximum absolute atomic E-state index is 13.5. The fraction of sp³-hybridized carbons (Fsp3) is 0.176. The lowest BCUT2D eigenvalue weighted by atomic mass is 10.2. The summed E-state index contributed by atoms with van der Waals surface area (Å²) < 4.78 is 19.0. The Hall–Kier alpha value is -2.47. The van der Waals surface area contributed by atoms with Crippen LogP contribution in [0.15, 0.2) is 48.5 Å². The monoisotopic (exact) mass is 332 g/mol. The Kier molecular flexibility index (Phi) is 5.65. The van der Waals surface area contributed by atoms with Crippen molar-refractivity contribution in [3.8, 4) is 5.75 Å². The van der Waals surface area contributed by atoms with E-state index in [0.29, 0.717) is 11.3 Å². The molecule has 2 aromatic carbocycles. The Balaban J connectivity index is 1.96. The minimum absolute atomic E-state index is 0.0302. The Morgan fingerprint density at radius 3 is 2.39 bits per heavy atom. The predicted octanol–water partition coefficient (Wildman–Crippen LogP) is 3.74. The van der Waals surface area contributed by atoms with E-state index in [4.69, 9.17) is 17.0 Å². The van der Waals surface area contributed by atoms with E-state index in [-0.39, 0.29) is 22.8 Å². The zero-order valence-corrected chi connectivity index (χ0v) is 13.6. The van der Waals surface area contributed by atoms with Crippen LogP contribution in [-0.2, 0) is 0 Å². The largest absolute Gasteiger partial charge is 0.491 e. The van der Waals surface area contributed by atoms with Gasteiger partial charge in [-0.25, -0.2) is 4.39 Å². The topological polar surface area (TPSA) is 50.4 Å². The zero-order chi connectivity index (χ0) is 16.8. The molecule has 4 nitrogen and oxygen atoms in total. The molecule has 120 valence electrons. The van der Waals surface area contributed by atoms with E-state index in [1.165, 1.54) is 12.1 Å². The number of amides is 1. The number of hydrogen-bond donors (Lipinski definition) is 2. The average molecular weight is 332 g/mol. The summed E-state index contributed by atoms with van der Waals surface area (Å²) in [4.78, 5) is 12.1. The number of anilines is 1. The highest BCUT2D eigenvalue weighted by atomic mass is 32.1. The molecule has 0 radical (unpaired) electrons. The van der Waals surface area contributed by atoms with E-state index in [2.05, 4.69) is 10.6 Å². The Bertz CT molecular complexity index is 702. The van der Waals surface area contributed by atoms with Crippen molar-refractivity contribution in [2.24, 2.45) is 0 Å². The molecule has 0 spiro atoms. The second-order valence-corrected chi connectivity index (χ2v) is 5.49. The summed E-state index contributed by atoms with van der Waals surface area (Å²) in [6, 6.07) is 12.8. The van der Waals surface area contributed by atoms with Gasteiger partial charge >= 0.3 is 0 Å². The molecule has 2 rings (SSSR count). The van der Waals surface area contributed by atoms with Crippen LogP contribution in [0.5, 0.6) is 5.75 Å². The predicted molar refractivity (Wildman–Crippen MR) is 92.3 cm³/mol. The van der Waals surface area contributed by atoms with Gasteiger partial charge in [-0.1, -0.05) is 12.1 Å². The maximum atomic E-state index is 13.5. The number of para-hydroxylation sites is 1. The molecule has 0 heterocycles. The van der Waals surface area contributed by atoms with Crippen LogP contribution in [-0.4, -0.2) is 17.1 Å². The number of benzene rings is 2. The molecule has 0 aliphatic rings. The van der Waals surface area contributed by atoms with Crippen molar-refractivity contribution in [3.05, 3.63) is 59.9 Å². The molecule has 0 atom stereocenters. The van der Waals surface area contributed by atoms with E-state index < -0.39 is 5.82 Å². The van der Waals surface area contributed by atoms with Gasteiger partial charge in [0.05, 0.1) is 11.8 Å². The Morgan fingerprint density at radius 1 is 1.13 bits per heavy atom. The first kappa shape index (κ1) is 16.9. The number of carbonyl (C=O) groups excluding carboxylic acids is 1. The molecule has 2 N–H and O–H groups in total. The second-order valence-electron chi connectivity index (χ2n) is 5.08. The van der Waals surface area contributed by atoms with Gasteiger partial charge in [0.15, 0.2) is 5.11 Å². The number of hydrogen-bond acceptors (Lipinski definition) is 3. The number of thiocarbonyl (C=S) groups is 1. The SMILES string of the molecule is CC(C)Oc1ccc(C(=O)NC(=S)Nc2ccccc2F)cc1. The normalized spacial score (nSPS) is 10.3. The second kappa shape index (κ2) is 7.69. The first-order chi connectivity index (χ1) is 11.0. The molecule has 1 amide bonds. The van der Waals surface area contributed by atoms with E-state index in [9.17, 15) is 9.18 Å². The molecule has 0 aliphatic heterocycles. The number of ether oxygens (including phenoxy) is 1. The van der Waals surface area contributed by atoms with Crippen LogP contribution in [0.2, 0.25) is 0 Å².